The fraction of sp³-hybridized carbons (Fsp3) is 0.182. The molecule has 0 spiro atoms. The molecular formula is C22H14O4S4. The van der Waals surface area contributed by atoms with E-state index in [1.165, 1.54) is 29.9 Å². The lowest BCUT2D eigenvalue weighted by molar-refractivity contribution is 0.174. The predicted molar refractivity (Wildman–Crippen MR) is 126 cm³/mol. The highest BCUT2D eigenvalue weighted by Crippen LogP contribution is 2.52. The molecule has 7 rings (SSSR count). The minimum Gasteiger partial charge on any atom is -0.485 e. The van der Waals surface area contributed by atoms with Crippen LogP contribution in [0.3, 0.4) is 0 Å². The first-order chi connectivity index (χ1) is 14.8. The van der Waals surface area contributed by atoms with Crippen LogP contribution in [0, 0.1) is 0 Å². The van der Waals surface area contributed by atoms with E-state index < -0.39 is 0 Å². The van der Waals surface area contributed by atoms with Crippen molar-refractivity contribution in [2.45, 2.75) is 0 Å². The Hall–Kier alpha value is -2.26. The molecule has 0 amide bonds. The molecule has 8 heteroatoms. The molecule has 4 nitrogen and oxygen atoms in total. The summed E-state index contributed by atoms with van der Waals surface area (Å²) in [6.07, 6.45) is 0. The first-order valence-electron chi connectivity index (χ1n) is 9.56. The standard InChI is InChI=1S/C22H14O4S4/c1-2-12-8-16(22-18-14(10-28-22)24-4-6-26-18)30-20(12)19-11(1)7-15(29-19)21-17-13(9-27-21)23-3-5-25-17/h1-2,7-10H,3-6H2. The first-order valence-corrected chi connectivity index (χ1v) is 13.0. The number of benzene rings is 1. The molecule has 4 aromatic heterocycles. The Balaban J connectivity index is 1.37. The summed E-state index contributed by atoms with van der Waals surface area (Å²) in [7, 11) is 0. The van der Waals surface area contributed by atoms with Gasteiger partial charge in [-0.2, -0.15) is 0 Å². The van der Waals surface area contributed by atoms with Crippen molar-refractivity contribution in [2.75, 3.05) is 26.4 Å². The van der Waals surface area contributed by atoms with Gasteiger partial charge in [0.15, 0.2) is 23.0 Å². The summed E-state index contributed by atoms with van der Waals surface area (Å²) in [5.41, 5.74) is 0. The van der Waals surface area contributed by atoms with Crippen molar-refractivity contribution in [3.8, 4) is 42.5 Å². The Bertz CT molecular complexity index is 1310. The Morgan fingerprint density at radius 3 is 1.57 bits per heavy atom. The second kappa shape index (κ2) is 6.62. The zero-order valence-corrected chi connectivity index (χ0v) is 18.8. The third kappa shape index (κ3) is 2.54. The fourth-order valence-electron chi connectivity index (χ4n) is 3.88. The molecule has 0 aliphatic carbocycles. The second-order valence-corrected chi connectivity index (χ2v) is 10.9. The molecule has 2 aliphatic rings. The molecule has 5 aromatic rings. The highest BCUT2D eigenvalue weighted by atomic mass is 32.1. The van der Waals surface area contributed by atoms with Gasteiger partial charge in [0.1, 0.15) is 26.4 Å². The quantitative estimate of drug-likeness (QED) is 0.275. The largest absolute Gasteiger partial charge is 0.485 e. The summed E-state index contributed by atoms with van der Waals surface area (Å²) < 4.78 is 25.9. The molecule has 0 fully saturated rings. The van der Waals surface area contributed by atoms with Gasteiger partial charge in [-0.25, -0.2) is 0 Å². The monoisotopic (exact) mass is 470 g/mol. The molecule has 0 radical (unpaired) electrons. The molecule has 150 valence electrons. The number of ether oxygens (including phenoxy) is 4. The molecule has 0 bridgehead atoms. The summed E-state index contributed by atoms with van der Waals surface area (Å²) >= 11 is 7.04. The maximum atomic E-state index is 5.91. The van der Waals surface area contributed by atoms with E-state index in [1.54, 1.807) is 22.7 Å². The lowest BCUT2D eigenvalue weighted by Gasteiger charge is -2.15. The number of thiophene rings is 4. The van der Waals surface area contributed by atoms with Gasteiger partial charge in [0.2, 0.25) is 0 Å². The van der Waals surface area contributed by atoms with Crippen LogP contribution in [0.5, 0.6) is 23.0 Å². The Kier molecular flexibility index (Phi) is 3.84. The van der Waals surface area contributed by atoms with Crippen LogP contribution in [0.25, 0.3) is 39.7 Å². The molecule has 0 N–H and O–H groups in total. The molecule has 30 heavy (non-hydrogen) atoms. The minimum absolute atomic E-state index is 0.608. The van der Waals surface area contributed by atoms with Gasteiger partial charge >= 0.3 is 0 Å². The second-order valence-electron chi connectivity index (χ2n) is 7.03. The maximum absolute atomic E-state index is 5.91. The fourth-order valence-corrected chi connectivity index (χ4v) is 8.45. The SMILES string of the molecule is c1sc(-c2cc3ccc4cc(-c5scc6c5OCCO6)sc4c3s2)c2c1OCCO2. The van der Waals surface area contributed by atoms with Gasteiger partial charge < -0.3 is 18.9 Å². The molecular weight excluding hydrogens is 457 g/mol. The van der Waals surface area contributed by atoms with E-state index in [0.717, 1.165) is 32.8 Å². The zero-order chi connectivity index (χ0) is 19.7. The number of hydrogen-bond acceptors (Lipinski definition) is 8. The van der Waals surface area contributed by atoms with Crippen LogP contribution in [-0.2, 0) is 0 Å². The van der Waals surface area contributed by atoms with E-state index >= 15 is 0 Å². The molecule has 0 saturated carbocycles. The van der Waals surface area contributed by atoms with Gasteiger partial charge in [0, 0.05) is 20.5 Å². The van der Waals surface area contributed by atoms with E-state index in [1.807, 2.05) is 22.7 Å². The van der Waals surface area contributed by atoms with E-state index in [2.05, 4.69) is 35.0 Å². The number of fused-ring (bicyclic) bond motifs is 5. The summed E-state index contributed by atoms with van der Waals surface area (Å²) in [5.74, 6) is 3.52. The normalized spacial score (nSPS) is 15.2. The lowest BCUT2D eigenvalue weighted by atomic mass is 10.2. The maximum Gasteiger partial charge on any atom is 0.180 e. The van der Waals surface area contributed by atoms with Crippen molar-refractivity contribution in [1.82, 2.24) is 0 Å². The van der Waals surface area contributed by atoms with Gasteiger partial charge in [-0.05, 0) is 22.9 Å². The van der Waals surface area contributed by atoms with E-state index in [0.29, 0.717) is 26.4 Å². The zero-order valence-electron chi connectivity index (χ0n) is 15.6. The molecule has 0 atom stereocenters. The molecule has 0 saturated heterocycles. The van der Waals surface area contributed by atoms with Crippen LogP contribution in [0.4, 0.5) is 0 Å². The summed E-state index contributed by atoms with van der Waals surface area (Å²) in [5, 5.41) is 6.63. The van der Waals surface area contributed by atoms with Crippen molar-refractivity contribution in [1.29, 1.82) is 0 Å². The average Bonchev–Trinajstić information content (AvgIpc) is 3.55. The Morgan fingerprint density at radius 2 is 1.07 bits per heavy atom. The highest BCUT2D eigenvalue weighted by molar-refractivity contribution is 7.32. The van der Waals surface area contributed by atoms with Crippen LogP contribution < -0.4 is 18.9 Å². The Morgan fingerprint density at radius 1 is 0.600 bits per heavy atom. The predicted octanol–water partition coefficient (Wildman–Crippen LogP) is 7.12. The van der Waals surface area contributed by atoms with Crippen molar-refractivity contribution in [3.63, 3.8) is 0 Å². The van der Waals surface area contributed by atoms with Crippen molar-refractivity contribution >= 4 is 65.5 Å². The number of hydrogen-bond donors (Lipinski definition) is 0. The summed E-state index contributed by atoms with van der Waals surface area (Å²) in [6.45, 7) is 2.46. The third-order valence-electron chi connectivity index (χ3n) is 5.22. The van der Waals surface area contributed by atoms with Crippen molar-refractivity contribution < 1.29 is 18.9 Å². The molecule has 1 aromatic carbocycles. The molecule has 6 heterocycles. The third-order valence-corrected chi connectivity index (χ3v) is 9.93. The van der Waals surface area contributed by atoms with Gasteiger partial charge in [-0.3, -0.25) is 0 Å². The highest BCUT2D eigenvalue weighted by Gasteiger charge is 2.23. The smallest absolute Gasteiger partial charge is 0.180 e. The van der Waals surface area contributed by atoms with Crippen LogP contribution in [0.15, 0.2) is 35.0 Å². The van der Waals surface area contributed by atoms with Crippen molar-refractivity contribution in [2.24, 2.45) is 0 Å². The van der Waals surface area contributed by atoms with Crippen LogP contribution in [0.1, 0.15) is 0 Å². The molecule has 0 unspecified atom stereocenters. The van der Waals surface area contributed by atoms with E-state index in [-0.39, 0.29) is 0 Å². The van der Waals surface area contributed by atoms with Crippen LogP contribution >= 0.6 is 45.3 Å². The van der Waals surface area contributed by atoms with E-state index in [4.69, 9.17) is 18.9 Å². The van der Waals surface area contributed by atoms with Gasteiger partial charge in [0.05, 0.1) is 19.2 Å². The van der Waals surface area contributed by atoms with Gasteiger partial charge in [0.25, 0.3) is 0 Å². The summed E-state index contributed by atoms with van der Waals surface area (Å²) in [6, 6.07) is 8.98. The first kappa shape index (κ1) is 17.4. The number of rotatable bonds is 2. The van der Waals surface area contributed by atoms with Crippen LogP contribution in [0.2, 0.25) is 0 Å². The Labute approximate surface area is 187 Å². The van der Waals surface area contributed by atoms with E-state index in [9.17, 15) is 0 Å². The topological polar surface area (TPSA) is 36.9 Å². The lowest BCUT2D eigenvalue weighted by Crippen LogP contribution is -2.14. The van der Waals surface area contributed by atoms with Gasteiger partial charge in [-0.15, -0.1) is 45.3 Å². The minimum atomic E-state index is 0.608. The average molecular weight is 471 g/mol. The molecule has 2 aliphatic heterocycles. The summed E-state index contributed by atoms with van der Waals surface area (Å²) in [4.78, 5) is 4.78. The van der Waals surface area contributed by atoms with Crippen LogP contribution in [-0.4, -0.2) is 26.4 Å². The van der Waals surface area contributed by atoms with Gasteiger partial charge in [-0.1, -0.05) is 12.1 Å². The van der Waals surface area contributed by atoms with Crippen molar-refractivity contribution in [3.05, 3.63) is 35.0 Å².